The van der Waals surface area contributed by atoms with E-state index in [4.69, 9.17) is 16.3 Å². The number of aromatic nitrogens is 5. The summed E-state index contributed by atoms with van der Waals surface area (Å²) in [7, 11) is 1.86. The van der Waals surface area contributed by atoms with Gasteiger partial charge in [0, 0.05) is 35.3 Å². The number of hydrogen-bond acceptors (Lipinski definition) is 5. The topological polar surface area (TPSA) is 74.8 Å². The molecule has 7 nitrogen and oxygen atoms in total. The summed E-state index contributed by atoms with van der Waals surface area (Å²) in [4.78, 5) is 22.8. The summed E-state index contributed by atoms with van der Waals surface area (Å²) in [5.74, 6) is 0.434. The van der Waals surface area contributed by atoms with Gasteiger partial charge >= 0.3 is 0 Å². The molecule has 5 rings (SSSR count). The Morgan fingerprint density at radius 1 is 1.00 bits per heavy atom. The lowest BCUT2D eigenvalue weighted by atomic mass is 10.1. The smallest absolute Gasteiger partial charge is 0.283 e. The molecule has 3 heterocycles. The Kier molecular flexibility index (Phi) is 4.67. The van der Waals surface area contributed by atoms with Crippen molar-refractivity contribution in [3.05, 3.63) is 76.2 Å². The fourth-order valence-electron chi connectivity index (χ4n) is 3.59. The molecule has 0 bridgehead atoms. The normalized spacial score (nSPS) is 11.3. The Hall–Kier alpha value is -3.71. The molecular formula is C23H18ClN5O2. The largest absolute Gasteiger partial charge is 0.478 e. The first-order chi connectivity index (χ1) is 15.0. The van der Waals surface area contributed by atoms with Crippen LogP contribution in [0.5, 0.6) is 5.88 Å². The van der Waals surface area contributed by atoms with Gasteiger partial charge in [-0.05, 0) is 49.4 Å². The number of halogens is 1. The van der Waals surface area contributed by atoms with Crippen LogP contribution in [0.4, 0.5) is 0 Å². The Bertz CT molecular complexity index is 1490. The predicted octanol–water partition coefficient (Wildman–Crippen LogP) is 4.39. The van der Waals surface area contributed by atoms with Crippen LogP contribution in [0.25, 0.3) is 39.0 Å². The first-order valence-corrected chi connectivity index (χ1v) is 10.2. The quantitative estimate of drug-likeness (QED) is 0.422. The van der Waals surface area contributed by atoms with E-state index in [9.17, 15) is 4.79 Å². The Morgan fingerprint density at radius 2 is 1.77 bits per heavy atom. The van der Waals surface area contributed by atoms with Crippen LogP contribution in [-0.4, -0.2) is 30.9 Å². The highest BCUT2D eigenvalue weighted by molar-refractivity contribution is 6.30. The maximum atomic E-state index is 13.6. The van der Waals surface area contributed by atoms with Gasteiger partial charge in [0.1, 0.15) is 11.2 Å². The summed E-state index contributed by atoms with van der Waals surface area (Å²) in [6, 6.07) is 16.3. The molecule has 0 amide bonds. The molecule has 0 saturated heterocycles. The monoisotopic (exact) mass is 431 g/mol. The second-order valence-corrected chi connectivity index (χ2v) is 7.52. The van der Waals surface area contributed by atoms with Gasteiger partial charge in [-0.25, -0.2) is 4.98 Å². The number of hydrogen-bond donors (Lipinski definition) is 0. The third-order valence-corrected chi connectivity index (χ3v) is 5.20. The average molecular weight is 432 g/mol. The number of rotatable bonds is 4. The molecule has 0 fully saturated rings. The van der Waals surface area contributed by atoms with E-state index in [-0.39, 0.29) is 5.56 Å². The lowest BCUT2D eigenvalue weighted by Crippen LogP contribution is -2.23. The van der Waals surface area contributed by atoms with Crippen LogP contribution in [0.3, 0.4) is 0 Å². The van der Waals surface area contributed by atoms with Crippen molar-refractivity contribution in [2.24, 2.45) is 7.05 Å². The highest BCUT2D eigenvalue weighted by atomic mass is 35.5. The van der Waals surface area contributed by atoms with Crippen LogP contribution in [0, 0.1) is 0 Å². The molecule has 0 spiro atoms. The molecule has 0 aliphatic heterocycles. The van der Waals surface area contributed by atoms with E-state index in [1.807, 2.05) is 44.4 Å². The van der Waals surface area contributed by atoms with Gasteiger partial charge in [-0.1, -0.05) is 17.7 Å². The van der Waals surface area contributed by atoms with Crippen molar-refractivity contribution in [3.63, 3.8) is 0 Å². The van der Waals surface area contributed by atoms with E-state index in [1.165, 1.54) is 0 Å². The highest BCUT2D eigenvalue weighted by Crippen LogP contribution is 2.24. The van der Waals surface area contributed by atoms with Crippen LogP contribution >= 0.6 is 11.6 Å². The SMILES string of the molecule is CCOc1ccc2nc(-c3ccc4nn(C)cc4c3)c(=O)n(-c3ccc(Cl)cc3)c2n1. The van der Waals surface area contributed by atoms with Crippen molar-refractivity contribution in [2.75, 3.05) is 6.61 Å². The summed E-state index contributed by atoms with van der Waals surface area (Å²) >= 11 is 6.06. The Labute approximate surface area is 182 Å². The number of ether oxygens (including phenoxy) is 1. The van der Waals surface area contributed by atoms with E-state index >= 15 is 0 Å². The van der Waals surface area contributed by atoms with Crippen molar-refractivity contribution < 1.29 is 4.74 Å². The van der Waals surface area contributed by atoms with Crippen LogP contribution in [0.2, 0.25) is 5.02 Å². The summed E-state index contributed by atoms with van der Waals surface area (Å²) in [5, 5.41) is 5.92. The molecule has 2 aromatic carbocycles. The van der Waals surface area contributed by atoms with E-state index in [1.54, 1.807) is 39.6 Å². The second-order valence-electron chi connectivity index (χ2n) is 7.08. The molecule has 8 heteroatoms. The molecule has 0 aliphatic rings. The number of nitrogens with zero attached hydrogens (tertiary/aromatic N) is 5. The van der Waals surface area contributed by atoms with E-state index in [0.29, 0.717) is 45.6 Å². The third kappa shape index (κ3) is 3.43. The van der Waals surface area contributed by atoms with Gasteiger partial charge in [0.2, 0.25) is 5.88 Å². The van der Waals surface area contributed by atoms with Gasteiger partial charge in [-0.3, -0.25) is 14.0 Å². The molecule has 0 saturated carbocycles. The van der Waals surface area contributed by atoms with Crippen molar-refractivity contribution in [3.8, 4) is 22.8 Å². The number of pyridine rings is 1. The fraction of sp³-hybridized carbons (Fsp3) is 0.130. The minimum Gasteiger partial charge on any atom is -0.478 e. The zero-order valence-electron chi connectivity index (χ0n) is 16.9. The van der Waals surface area contributed by atoms with Gasteiger partial charge in [0.05, 0.1) is 17.8 Å². The van der Waals surface area contributed by atoms with Crippen molar-refractivity contribution in [1.82, 2.24) is 24.3 Å². The predicted molar refractivity (Wildman–Crippen MR) is 121 cm³/mol. The zero-order valence-corrected chi connectivity index (χ0v) is 17.7. The number of benzene rings is 2. The lowest BCUT2D eigenvalue weighted by molar-refractivity contribution is 0.328. The summed E-state index contributed by atoms with van der Waals surface area (Å²) < 4.78 is 8.83. The zero-order chi connectivity index (χ0) is 21.5. The minimum absolute atomic E-state index is 0.279. The number of aryl methyl sites for hydroxylation is 1. The van der Waals surface area contributed by atoms with Crippen LogP contribution in [0.1, 0.15) is 6.92 Å². The van der Waals surface area contributed by atoms with Crippen LogP contribution in [-0.2, 0) is 7.05 Å². The highest BCUT2D eigenvalue weighted by Gasteiger charge is 2.17. The van der Waals surface area contributed by atoms with Crippen LogP contribution < -0.4 is 10.3 Å². The van der Waals surface area contributed by atoms with Crippen LogP contribution in [0.15, 0.2) is 65.6 Å². The molecule has 0 radical (unpaired) electrons. The van der Waals surface area contributed by atoms with E-state index in [2.05, 4.69) is 15.1 Å². The molecular weight excluding hydrogens is 414 g/mol. The standard InChI is InChI=1S/C23H18ClN5O2/c1-3-31-20-11-10-19-22(26-20)29(17-7-5-16(24)6-8-17)23(30)21(25-19)14-4-9-18-15(12-14)13-28(2)27-18/h4-13H,3H2,1-2H3. The van der Waals surface area contributed by atoms with Gasteiger partial charge in [-0.15, -0.1) is 0 Å². The first-order valence-electron chi connectivity index (χ1n) is 9.80. The summed E-state index contributed by atoms with van der Waals surface area (Å²) in [6.45, 7) is 2.36. The van der Waals surface area contributed by atoms with Gasteiger partial charge < -0.3 is 4.74 Å². The van der Waals surface area contributed by atoms with Crippen molar-refractivity contribution >= 4 is 33.7 Å². The molecule has 0 aliphatic carbocycles. The maximum Gasteiger partial charge on any atom is 0.283 e. The molecule has 154 valence electrons. The third-order valence-electron chi connectivity index (χ3n) is 4.95. The van der Waals surface area contributed by atoms with E-state index < -0.39 is 0 Å². The molecule has 3 aromatic heterocycles. The van der Waals surface area contributed by atoms with Crippen molar-refractivity contribution in [1.29, 1.82) is 0 Å². The summed E-state index contributed by atoms with van der Waals surface area (Å²) in [5.41, 5.74) is 3.27. The first kappa shape index (κ1) is 19.3. The summed E-state index contributed by atoms with van der Waals surface area (Å²) in [6.07, 6.45) is 1.91. The number of fused-ring (bicyclic) bond motifs is 2. The average Bonchev–Trinajstić information content (AvgIpc) is 3.14. The van der Waals surface area contributed by atoms with Gasteiger partial charge in [0.15, 0.2) is 5.65 Å². The van der Waals surface area contributed by atoms with Gasteiger partial charge in [-0.2, -0.15) is 10.1 Å². The molecule has 0 unspecified atom stereocenters. The van der Waals surface area contributed by atoms with Crippen molar-refractivity contribution in [2.45, 2.75) is 6.92 Å². The molecule has 5 aromatic rings. The molecule has 0 N–H and O–H groups in total. The lowest BCUT2D eigenvalue weighted by Gasteiger charge is -2.13. The maximum absolute atomic E-state index is 13.6. The second kappa shape index (κ2) is 7.52. The minimum atomic E-state index is -0.279. The molecule has 31 heavy (non-hydrogen) atoms. The Balaban J connectivity index is 1.81. The fourth-order valence-corrected chi connectivity index (χ4v) is 3.71. The molecule has 0 atom stereocenters. The van der Waals surface area contributed by atoms with Gasteiger partial charge in [0.25, 0.3) is 5.56 Å². The Morgan fingerprint density at radius 3 is 2.55 bits per heavy atom. The van der Waals surface area contributed by atoms with E-state index in [0.717, 1.165) is 10.9 Å².